The third kappa shape index (κ3) is 6.79. The minimum atomic E-state index is -5.08. The number of fused-ring (bicyclic) bond motifs is 1. The van der Waals surface area contributed by atoms with Gasteiger partial charge in [0.2, 0.25) is 5.95 Å². The van der Waals surface area contributed by atoms with Gasteiger partial charge in [-0.2, -0.15) is 18.3 Å². The highest BCUT2D eigenvalue weighted by Gasteiger charge is 2.38. The van der Waals surface area contributed by atoms with Crippen LogP contribution >= 0.6 is 0 Å². The molecule has 0 atom stereocenters. The van der Waals surface area contributed by atoms with E-state index in [0.29, 0.717) is 41.8 Å². The summed E-state index contributed by atoms with van der Waals surface area (Å²) in [5.41, 5.74) is 4.63. The maximum Gasteiger partial charge on any atom is 0.490 e. The summed E-state index contributed by atoms with van der Waals surface area (Å²) < 4.78 is 36.7. The summed E-state index contributed by atoms with van der Waals surface area (Å²) in [6.45, 7) is 1.40. The lowest BCUT2D eigenvalue weighted by Gasteiger charge is -2.40. The van der Waals surface area contributed by atoms with Crippen LogP contribution in [0.3, 0.4) is 0 Å². The number of esters is 1. The number of carboxylic acids is 1. The molecule has 1 fully saturated rings. The highest BCUT2D eigenvalue weighted by molar-refractivity contribution is 5.91. The second-order valence-electron chi connectivity index (χ2n) is 9.41. The lowest BCUT2D eigenvalue weighted by atomic mass is 9.88. The van der Waals surface area contributed by atoms with Gasteiger partial charge in [0.25, 0.3) is 0 Å². The van der Waals surface area contributed by atoms with Crippen LogP contribution in [0.5, 0.6) is 0 Å². The number of rotatable bonds is 4. The Morgan fingerprint density at radius 2 is 1.77 bits per heavy atom. The topological polar surface area (TPSA) is 147 Å². The minimum Gasteiger partial charge on any atom is -0.475 e. The van der Waals surface area contributed by atoms with Gasteiger partial charge in [0.05, 0.1) is 24.4 Å². The van der Waals surface area contributed by atoms with Gasteiger partial charge in [-0.05, 0) is 47.9 Å². The average Bonchev–Trinajstić information content (AvgIpc) is 3.47. The van der Waals surface area contributed by atoms with Gasteiger partial charge in [-0.15, -0.1) is 0 Å². The Kier molecular flexibility index (Phi) is 8.47. The number of aromatic nitrogens is 6. The number of aliphatic carboxylic acids is 1. The third-order valence-corrected chi connectivity index (χ3v) is 6.52. The Balaban J connectivity index is 0.000000493. The van der Waals surface area contributed by atoms with Gasteiger partial charge in [0.15, 0.2) is 5.82 Å². The lowest BCUT2D eigenvalue weighted by Crippen LogP contribution is -2.46. The van der Waals surface area contributed by atoms with Crippen molar-refractivity contribution in [2.45, 2.75) is 12.1 Å². The number of halogens is 3. The maximum absolute atomic E-state index is 12.1. The first-order valence-corrected chi connectivity index (χ1v) is 13.0. The van der Waals surface area contributed by atoms with E-state index in [0.717, 1.165) is 22.0 Å². The quantitative estimate of drug-likeness (QED) is 0.227. The molecule has 11 nitrogen and oxygen atoms in total. The predicted octanol–water partition coefficient (Wildman–Crippen LogP) is 4.23. The zero-order valence-corrected chi connectivity index (χ0v) is 22.9. The van der Waals surface area contributed by atoms with Gasteiger partial charge in [0, 0.05) is 42.4 Å². The van der Waals surface area contributed by atoms with Gasteiger partial charge in [-0.3, -0.25) is 5.10 Å². The largest absolute Gasteiger partial charge is 0.490 e. The Labute approximate surface area is 247 Å². The van der Waals surface area contributed by atoms with E-state index in [2.05, 4.69) is 41.9 Å². The van der Waals surface area contributed by atoms with Crippen molar-refractivity contribution >= 4 is 28.8 Å². The third-order valence-electron chi connectivity index (χ3n) is 6.52. The van der Waals surface area contributed by atoms with Gasteiger partial charge in [0.1, 0.15) is 11.4 Å². The molecule has 1 aliphatic rings. The molecule has 0 spiro atoms. The van der Waals surface area contributed by atoms with Crippen molar-refractivity contribution in [2.75, 3.05) is 25.1 Å². The number of anilines is 1. The molecule has 0 radical (unpaired) electrons. The Morgan fingerprint density at radius 1 is 1.02 bits per heavy atom. The second kappa shape index (κ2) is 12.6. The molecule has 0 bridgehead atoms. The van der Waals surface area contributed by atoms with Crippen LogP contribution in [0.25, 0.3) is 22.4 Å². The smallest absolute Gasteiger partial charge is 0.475 e. The molecule has 5 aromatic rings. The molecule has 0 saturated carbocycles. The number of carbonyl (C=O) groups is 2. The van der Waals surface area contributed by atoms with E-state index in [4.69, 9.17) is 19.6 Å². The number of aromatic amines is 1. The summed E-state index contributed by atoms with van der Waals surface area (Å²) in [5, 5.41) is 15.1. The van der Waals surface area contributed by atoms with Crippen molar-refractivity contribution in [1.82, 2.24) is 30.1 Å². The monoisotopic (exact) mass is 601 g/mol. The molecule has 2 aromatic carbocycles. The average molecular weight is 602 g/mol. The van der Waals surface area contributed by atoms with Crippen LogP contribution < -0.4 is 4.90 Å². The Hall–Kier alpha value is -5.84. The van der Waals surface area contributed by atoms with Gasteiger partial charge < -0.3 is 14.7 Å². The first-order valence-electron chi connectivity index (χ1n) is 13.0. The van der Waals surface area contributed by atoms with E-state index in [-0.39, 0.29) is 11.9 Å². The van der Waals surface area contributed by atoms with Crippen molar-refractivity contribution in [3.63, 3.8) is 0 Å². The van der Waals surface area contributed by atoms with E-state index in [1.54, 1.807) is 36.8 Å². The molecular formula is C30H22F3N7O4. The molecule has 2 N–H and O–H groups in total. The summed E-state index contributed by atoms with van der Waals surface area (Å²) >= 11 is 0. The van der Waals surface area contributed by atoms with Crippen LogP contribution in [-0.2, 0) is 9.53 Å². The zero-order valence-electron chi connectivity index (χ0n) is 22.9. The number of H-pyrrole nitrogens is 1. The molecule has 4 heterocycles. The van der Waals surface area contributed by atoms with Crippen molar-refractivity contribution < 1.29 is 32.6 Å². The summed E-state index contributed by atoms with van der Waals surface area (Å²) in [6.07, 6.45) is 0.0697. The van der Waals surface area contributed by atoms with Crippen molar-refractivity contribution in [2.24, 2.45) is 0 Å². The van der Waals surface area contributed by atoms with E-state index in [9.17, 15) is 18.0 Å². The normalized spacial score (nSPS) is 12.8. The number of nitrogens with one attached hydrogen (secondary N) is 1. The maximum atomic E-state index is 12.1. The number of alkyl halides is 3. The number of methoxy groups -OCH3 is 1. The molecular weight excluding hydrogens is 579 g/mol. The minimum absolute atomic E-state index is 0.193. The summed E-state index contributed by atoms with van der Waals surface area (Å²) in [7, 11) is 1.40. The van der Waals surface area contributed by atoms with Crippen molar-refractivity contribution in [3.05, 3.63) is 95.6 Å². The first kappa shape index (κ1) is 29.6. The number of benzene rings is 2. The van der Waals surface area contributed by atoms with E-state index in [1.807, 2.05) is 36.4 Å². The lowest BCUT2D eigenvalue weighted by molar-refractivity contribution is -0.192. The number of nitrogens with zero attached hydrogens (tertiary/aromatic N) is 6. The van der Waals surface area contributed by atoms with Crippen molar-refractivity contribution in [3.8, 4) is 23.4 Å². The zero-order chi connectivity index (χ0) is 31.3. The van der Waals surface area contributed by atoms with E-state index >= 15 is 0 Å². The molecule has 222 valence electrons. The summed E-state index contributed by atoms with van der Waals surface area (Å²) in [4.78, 5) is 41.2. The molecule has 1 saturated heterocycles. The van der Waals surface area contributed by atoms with Crippen LogP contribution in [-0.4, -0.2) is 73.6 Å². The van der Waals surface area contributed by atoms with Gasteiger partial charge >= 0.3 is 18.1 Å². The first-order chi connectivity index (χ1) is 21.1. The molecule has 1 aliphatic heterocycles. The fourth-order valence-corrected chi connectivity index (χ4v) is 4.32. The number of ether oxygens (including phenoxy) is 1. The molecule has 14 heteroatoms. The number of hydrogen-bond acceptors (Lipinski definition) is 9. The molecule has 0 unspecified atom stereocenters. The summed E-state index contributed by atoms with van der Waals surface area (Å²) in [6, 6.07) is 17.0. The standard InChI is InChI=1S/C28H21N7O2.C2HF3O2/c1-37-27(36)23-5-3-2-4-22(23)20-16-35(17-20)28-30-13-11-25(33-28)26-29-12-10-21(32-26)8-6-18-7-9-24-19(14-18)15-31-34-24;3-2(4,5)1(6)7/h2-5,7,9-15,20H,16-17H2,1H3,(H,31,34);(H,6,7). The highest BCUT2D eigenvalue weighted by Crippen LogP contribution is 2.32. The van der Waals surface area contributed by atoms with Crippen LogP contribution in [0.1, 0.15) is 33.1 Å². The molecule has 3 aromatic heterocycles. The SMILES string of the molecule is COC(=O)c1ccccc1C1CN(c2nccc(-c3nccc(C#Cc4ccc5[nH]ncc5c4)n3)n2)C1.O=C(O)C(F)(F)F. The Morgan fingerprint density at radius 3 is 2.52 bits per heavy atom. The molecule has 6 rings (SSSR count). The number of hydrogen-bond donors (Lipinski definition) is 2. The van der Waals surface area contributed by atoms with Crippen LogP contribution in [0, 0.1) is 11.8 Å². The Bertz CT molecular complexity index is 1890. The molecule has 44 heavy (non-hydrogen) atoms. The molecule has 0 aliphatic carbocycles. The van der Waals surface area contributed by atoms with E-state index < -0.39 is 12.1 Å². The van der Waals surface area contributed by atoms with Crippen LogP contribution in [0.15, 0.2) is 73.2 Å². The van der Waals surface area contributed by atoms with Crippen LogP contribution in [0.4, 0.5) is 19.1 Å². The molecule has 0 amide bonds. The van der Waals surface area contributed by atoms with Gasteiger partial charge in [-0.1, -0.05) is 24.1 Å². The van der Waals surface area contributed by atoms with Crippen LogP contribution in [0.2, 0.25) is 0 Å². The fraction of sp³-hybridized carbons (Fsp3) is 0.167. The van der Waals surface area contributed by atoms with Gasteiger partial charge in [-0.25, -0.2) is 29.5 Å². The number of carbonyl (C=O) groups excluding carboxylic acids is 1. The summed E-state index contributed by atoms with van der Waals surface area (Å²) in [5.74, 6) is 4.45. The second-order valence-corrected chi connectivity index (χ2v) is 9.41. The number of carboxylic acid groups (broad SMARTS) is 1. The predicted molar refractivity (Wildman–Crippen MR) is 152 cm³/mol. The highest BCUT2D eigenvalue weighted by atomic mass is 19.4. The fourth-order valence-electron chi connectivity index (χ4n) is 4.32. The van der Waals surface area contributed by atoms with Crippen molar-refractivity contribution in [1.29, 1.82) is 0 Å². The van der Waals surface area contributed by atoms with E-state index in [1.165, 1.54) is 7.11 Å².